The maximum Gasteiger partial charge on any atom is 0.319 e. The van der Waals surface area contributed by atoms with Gasteiger partial charge in [0, 0.05) is 55.8 Å². The van der Waals surface area contributed by atoms with Crippen LogP contribution < -0.4 is 10.2 Å². The Balaban J connectivity index is 1.67. The van der Waals surface area contributed by atoms with Crippen molar-refractivity contribution in [2.75, 3.05) is 37.6 Å². The van der Waals surface area contributed by atoms with Gasteiger partial charge in [-0.25, -0.2) is 9.98 Å². The summed E-state index contributed by atoms with van der Waals surface area (Å²) < 4.78 is 26.8. The van der Waals surface area contributed by atoms with Crippen LogP contribution in [0.25, 0.3) is 0 Å². The first-order chi connectivity index (χ1) is 13.5. The van der Waals surface area contributed by atoms with Gasteiger partial charge >= 0.3 is 6.55 Å². The second-order valence-corrected chi connectivity index (χ2v) is 7.04. The van der Waals surface area contributed by atoms with Gasteiger partial charge in [0.25, 0.3) is 0 Å². The Bertz CT molecular complexity index is 815. The highest BCUT2D eigenvalue weighted by molar-refractivity contribution is 6.30. The lowest BCUT2D eigenvalue weighted by molar-refractivity contribution is 0.0671. The molecule has 0 aliphatic carbocycles. The number of imidazole rings is 1. The van der Waals surface area contributed by atoms with E-state index in [4.69, 9.17) is 11.6 Å². The summed E-state index contributed by atoms with van der Waals surface area (Å²) in [6.45, 7) is 5.48. The van der Waals surface area contributed by atoms with Crippen LogP contribution in [-0.4, -0.2) is 53.1 Å². The number of benzene rings is 1. The number of nitrogens with zero attached hydrogens (tertiary/aromatic N) is 5. The van der Waals surface area contributed by atoms with E-state index in [0.717, 1.165) is 41.5 Å². The number of aliphatic imine (C=N–C) groups is 1. The summed E-state index contributed by atoms with van der Waals surface area (Å²) in [6, 6.07) is 5.92. The number of rotatable bonds is 5. The fourth-order valence-electron chi connectivity index (χ4n) is 3.30. The van der Waals surface area contributed by atoms with E-state index in [1.807, 2.05) is 25.1 Å². The quantitative estimate of drug-likeness (QED) is 0.605. The number of nitrogens with one attached hydrogen (secondary N) is 1. The molecule has 152 valence electrons. The van der Waals surface area contributed by atoms with Crippen LogP contribution in [-0.2, 0) is 6.54 Å². The van der Waals surface area contributed by atoms with Gasteiger partial charge in [0.05, 0.1) is 0 Å². The smallest absolute Gasteiger partial charge is 0.319 e. The number of aryl methyl sites for hydroxylation is 1. The summed E-state index contributed by atoms with van der Waals surface area (Å²) in [4.78, 5) is 13.0. The zero-order valence-electron chi connectivity index (χ0n) is 16.1. The molecule has 0 bridgehead atoms. The Morgan fingerprint density at radius 2 is 2.04 bits per heavy atom. The summed E-state index contributed by atoms with van der Waals surface area (Å²) in [5.74, 6) is 0.965. The first kappa shape index (κ1) is 20.4. The second-order valence-electron chi connectivity index (χ2n) is 6.60. The van der Waals surface area contributed by atoms with Crippen molar-refractivity contribution in [3.8, 4) is 0 Å². The molecule has 1 aromatic heterocycles. The average Bonchev–Trinajstić information content (AvgIpc) is 3.16. The number of hydrogen-bond acceptors (Lipinski definition) is 3. The van der Waals surface area contributed by atoms with Gasteiger partial charge in [-0.05, 0) is 31.5 Å². The maximum atomic E-state index is 13.0. The molecule has 1 N–H and O–H groups in total. The molecule has 2 heterocycles. The molecule has 1 aliphatic heterocycles. The van der Waals surface area contributed by atoms with Crippen LogP contribution in [0, 0.1) is 6.92 Å². The van der Waals surface area contributed by atoms with E-state index in [-0.39, 0.29) is 12.4 Å². The van der Waals surface area contributed by atoms with E-state index >= 15 is 0 Å². The van der Waals surface area contributed by atoms with Crippen molar-refractivity contribution in [2.45, 2.75) is 26.9 Å². The monoisotopic (exact) mass is 410 g/mol. The molecule has 1 saturated heterocycles. The molecule has 0 atom stereocenters. The Labute approximate surface area is 168 Å². The minimum absolute atomic E-state index is 0.104. The second kappa shape index (κ2) is 9.23. The maximum absolute atomic E-state index is 13.0. The normalized spacial score (nSPS) is 15.4. The molecule has 1 fully saturated rings. The van der Waals surface area contributed by atoms with Crippen molar-refractivity contribution in [1.29, 1.82) is 0 Å². The SMILES string of the molecule is CCNC(=NCc1nccn1C(F)F)N1CCN(c2cc(Cl)ccc2C)CC1. The number of guanidine groups is 1. The van der Waals surface area contributed by atoms with Crippen molar-refractivity contribution in [3.63, 3.8) is 0 Å². The standard InChI is InChI=1S/C19H25ClF2N6/c1-3-23-19(25-13-17-24-6-7-28(17)18(21)22)27-10-8-26(9-11-27)16-12-15(20)5-4-14(16)2/h4-7,12,18H,3,8-11,13H2,1-2H3,(H,23,25). The minimum Gasteiger partial charge on any atom is -0.368 e. The fraction of sp³-hybridized carbons (Fsp3) is 0.474. The first-order valence-corrected chi connectivity index (χ1v) is 9.71. The van der Waals surface area contributed by atoms with Gasteiger partial charge in [-0.3, -0.25) is 4.57 Å². The molecule has 0 spiro atoms. The predicted octanol–water partition coefficient (Wildman–Crippen LogP) is 3.53. The summed E-state index contributed by atoms with van der Waals surface area (Å²) >= 11 is 6.15. The van der Waals surface area contributed by atoms with Crippen LogP contribution in [0.2, 0.25) is 5.02 Å². The molecule has 0 amide bonds. The molecule has 6 nitrogen and oxygen atoms in total. The summed E-state index contributed by atoms with van der Waals surface area (Å²) in [7, 11) is 0. The van der Waals surface area contributed by atoms with Gasteiger partial charge in [-0.2, -0.15) is 8.78 Å². The predicted molar refractivity (Wildman–Crippen MR) is 108 cm³/mol. The van der Waals surface area contributed by atoms with Crippen molar-refractivity contribution in [3.05, 3.63) is 47.0 Å². The third-order valence-electron chi connectivity index (χ3n) is 4.76. The van der Waals surface area contributed by atoms with E-state index in [2.05, 4.69) is 32.0 Å². The number of hydrogen-bond donors (Lipinski definition) is 1. The Morgan fingerprint density at radius 3 is 2.71 bits per heavy atom. The highest BCUT2D eigenvalue weighted by atomic mass is 35.5. The third-order valence-corrected chi connectivity index (χ3v) is 4.99. The van der Waals surface area contributed by atoms with Crippen molar-refractivity contribution >= 4 is 23.2 Å². The number of piperazine rings is 1. The summed E-state index contributed by atoms with van der Waals surface area (Å²) in [6.07, 6.45) is 2.64. The van der Waals surface area contributed by atoms with Crippen LogP contribution in [0.4, 0.5) is 14.5 Å². The molecule has 0 saturated carbocycles. The van der Waals surface area contributed by atoms with Crippen LogP contribution in [0.15, 0.2) is 35.6 Å². The summed E-state index contributed by atoms with van der Waals surface area (Å²) in [5.41, 5.74) is 2.34. The highest BCUT2D eigenvalue weighted by Crippen LogP contribution is 2.25. The molecule has 0 radical (unpaired) electrons. The van der Waals surface area contributed by atoms with E-state index in [1.54, 1.807) is 0 Å². The first-order valence-electron chi connectivity index (χ1n) is 9.33. The van der Waals surface area contributed by atoms with Crippen molar-refractivity contribution in [1.82, 2.24) is 19.8 Å². The number of halogens is 3. The molecular formula is C19H25ClF2N6. The van der Waals surface area contributed by atoms with Gasteiger partial charge in [0.15, 0.2) is 5.96 Å². The third kappa shape index (κ3) is 4.73. The average molecular weight is 411 g/mol. The highest BCUT2D eigenvalue weighted by Gasteiger charge is 2.21. The molecular weight excluding hydrogens is 386 g/mol. The van der Waals surface area contributed by atoms with Crippen LogP contribution in [0.5, 0.6) is 0 Å². The van der Waals surface area contributed by atoms with E-state index in [0.29, 0.717) is 12.5 Å². The molecule has 3 rings (SSSR count). The van der Waals surface area contributed by atoms with E-state index < -0.39 is 6.55 Å². The van der Waals surface area contributed by atoms with Crippen molar-refractivity contribution < 1.29 is 8.78 Å². The Kier molecular flexibility index (Phi) is 6.72. The Morgan fingerprint density at radius 1 is 1.29 bits per heavy atom. The molecule has 1 aliphatic rings. The summed E-state index contributed by atoms with van der Waals surface area (Å²) in [5, 5.41) is 3.98. The van der Waals surface area contributed by atoms with Gasteiger partial charge in [0.1, 0.15) is 12.4 Å². The topological polar surface area (TPSA) is 48.7 Å². The number of aromatic nitrogens is 2. The fourth-order valence-corrected chi connectivity index (χ4v) is 3.46. The number of anilines is 1. The zero-order chi connectivity index (χ0) is 20.1. The van der Waals surface area contributed by atoms with Gasteiger partial charge in [-0.15, -0.1) is 0 Å². The lowest BCUT2D eigenvalue weighted by Crippen LogP contribution is -2.52. The zero-order valence-corrected chi connectivity index (χ0v) is 16.8. The number of alkyl halides is 2. The van der Waals surface area contributed by atoms with Crippen LogP contribution in [0.1, 0.15) is 24.9 Å². The molecule has 2 aromatic rings. The van der Waals surface area contributed by atoms with E-state index in [1.165, 1.54) is 18.0 Å². The molecule has 1 aromatic carbocycles. The van der Waals surface area contributed by atoms with Gasteiger partial charge in [0.2, 0.25) is 0 Å². The lowest BCUT2D eigenvalue weighted by Gasteiger charge is -2.38. The van der Waals surface area contributed by atoms with E-state index in [9.17, 15) is 8.78 Å². The lowest BCUT2D eigenvalue weighted by atomic mass is 10.1. The largest absolute Gasteiger partial charge is 0.368 e. The molecule has 28 heavy (non-hydrogen) atoms. The van der Waals surface area contributed by atoms with Crippen molar-refractivity contribution in [2.24, 2.45) is 4.99 Å². The van der Waals surface area contributed by atoms with Crippen LogP contribution in [0.3, 0.4) is 0 Å². The Hall–Kier alpha value is -2.35. The van der Waals surface area contributed by atoms with Gasteiger partial charge < -0.3 is 15.1 Å². The minimum atomic E-state index is -2.61. The van der Waals surface area contributed by atoms with Gasteiger partial charge in [-0.1, -0.05) is 17.7 Å². The van der Waals surface area contributed by atoms with Crippen LogP contribution >= 0.6 is 11.6 Å². The molecule has 0 unspecified atom stereocenters. The molecule has 9 heteroatoms.